The second-order valence-corrected chi connectivity index (χ2v) is 6.14. The van der Waals surface area contributed by atoms with Gasteiger partial charge in [0.15, 0.2) is 0 Å². The number of rotatable bonds is 6. The second kappa shape index (κ2) is 8.14. The van der Waals surface area contributed by atoms with Crippen molar-refractivity contribution in [2.45, 2.75) is 33.2 Å². The lowest BCUT2D eigenvalue weighted by Crippen LogP contribution is -2.30. The Morgan fingerprint density at radius 2 is 1.87 bits per heavy atom. The van der Waals surface area contributed by atoms with Gasteiger partial charge in [-0.25, -0.2) is 0 Å². The predicted octanol–water partition coefficient (Wildman–Crippen LogP) is 4.50. The standard InChI is InChI=1S/C19H23ClN2O/c1-4-15-6-8-16(9-7-15)14(3)21-12-19(23)22-18-10-5-13(2)11-17(18)20/h5-11,14,21H,4,12H2,1-3H3,(H,22,23). The molecule has 2 aromatic carbocycles. The van der Waals surface area contributed by atoms with Gasteiger partial charge in [-0.05, 0) is 49.1 Å². The van der Waals surface area contributed by atoms with Crippen LogP contribution in [0, 0.1) is 6.92 Å². The summed E-state index contributed by atoms with van der Waals surface area (Å²) in [4.78, 5) is 12.1. The molecule has 0 aliphatic heterocycles. The molecule has 0 radical (unpaired) electrons. The van der Waals surface area contributed by atoms with E-state index in [2.05, 4.69) is 41.8 Å². The average molecular weight is 331 g/mol. The van der Waals surface area contributed by atoms with Crippen molar-refractivity contribution in [1.82, 2.24) is 5.32 Å². The molecule has 3 nitrogen and oxygen atoms in total. The third-order valence-electron chi connectivity index (χ3n) is 3.86. The van der Waals surface area contributed by atoms with Crippen molar-refractivity contribution in [3.05, 3.63) is 64.2 Å². The molecule has 0 fully saturated rings. The molecule has 2 N–H and O–H groups in total. The summed E-state index contributed by atoms with van der Waals surface area (Å²) in [7, 11) is 0. The molecule has 0 saturated heterocycles. The van der Waals surface area contributed by atoms with E-state index in [4.69, 9.17) is 11.6 Å². The van der Waals surface area contributed by atoms with Gasteiger partial charge in [0.2, 0.25) is 5.91 Å². The Hall–Kier alpha value is -1.84. The van der Waals surface area contributed by atoms with E-state index in [1.54, 1.807) is 0 Å². The van der Waals surface area contributed by atoms with Crippen LogP contribution in [-0.2, 0) is 11.2 Å². The van der Waals surface area contributed by atoms with Crippen molar-refractivity contribution in [2.75, 3.05) is 11.9 Å². The first-order valence-corrected chi connectivity index (χ1v) is 8.25. The number of halogens is 1. The van der Waals surface area contributed by atoms with Crippen LogP contribution in [0.3, 0.4) is 0 Å². The monoisotopic (exact) mass is 330 g/mol. The van der Waals surface area contributed by atoms with E-state index in [1.165, 1.54) is 11.1 Å². The largest absolute Gasteiger partial charge is 0.324 e. The second-order valence-electron chi connectivity index (χ2n) is 5.73. The van der Waals surface area contributed by atoms with Gasteiger partial charge in [0.05, 0.1) is 17.3 Å². The van der Waals surface area contributed by atoms with Crippen LogP contribution >= 0.6 is 11.6 Å². The number of carbonyl (C=O) groups excluding carboxylic acids is 1. The van der Waals surface area contributed by atoms with E-state index in [1.807, 2.05) is 32.0 Å². The van der Waals surface area contributed by atoms with Crippen LogP contribution in [0.4, 0.5) is 5.69 Å². The molecule has 1 amide bonds. The number of hydrogen-bond acceptors (Lipinski definition) is 2. The minimum atomic E-state index is -0.104. The van der Waals surface area contributed by atoms with Gasteiger partial charge < -0.3 is 10.6 Å². The quantitative estimate of drug-likeness (QED) is 0.818. The first-order chi connectivity index (χ1) is 11.0. The maximum Gasteiger partial charge on any atom is 0.238 e. The van der Waals surface area contributed by atoms with Crippen LogP contribution in [0.5, 0.6) is 0 Å². The molecule has 1 atom stereocenters. The van der Waals surface area contributed by atoms with Crippen molar-refractivity contribution in [3.8, 4) is 0 Å². The molecule has 0 heterocycles. The number of aryl methyl sites for hydroxylation is 2. The fraction of sp³-hybridized carbons (Fsp3) is 0.316. The number of hydrogen-bond donors (Lipinski definition) is 2. The van der Waals surface area contributed by atoms with Gasteiger partial charge in [0.25, 0.3) is 0 Å². The highest BCUT2D eigenvalue weighted by Gasteiger charge is 2.09. The molecule has 4 heteroatoms. The molecule has 2 aromatic rings. The van der Waals surface area contributed by atoms with E-state index in [0.29, 0.717) is 10.7 Å². The van der Waals surface area contributed by atoms with E-state index >= 15 is 0 Å². The summed E-state index contributed by atoms with van der Waals surface area (Å²) < 4.78 is 0. The summed E-state index contributed by atoms with van der Waals surface area (Å²) in [5.41, 5.74) is 4.19. The smallest absolute Gasteiger partial charge is 0.238 e. The molecule has 0 aromatic heterocycles. The van der Waals surface area contributed by atoms with Crippen LogP contribution in [-0.4, -0.2) is 12.5 Å². The SMILES string of the molecule is CCc1ccc(C(C)NCC(=O)Nc2ccc(C)cc2Cl)cc1. The summed E-state index contributed by atoms with van der Waals surface area (Å²) in [5.74, 6) is -0.104. The normalized spacial score (nSPS) is 12.0. The number of nitrogens with one attached hydrogen (secondary N) is 2. The van der Waals surface area contributed by atoms with E-state index in [0.717, 1.165) is 12.0 Å². The van der Waals surface area contributed by atoms with E-state index in [9.17, 15) is 4.79 Å². The van der Waals surface area contributed by atoms with Gasteiger partial charge in [0.1, 0.15) is 0 Å². The Balaban J connectivity index is 1.87. The average Bonchev–Trinajstić information content (AvgIpc) is 2.55. The first-order valence-electron chi connectivity index (χ1n) is 7.87. The highest BCUT2D eigenvalue weighted by atomic mass is 35.5. The number of carbonyl (C=O) groups is 1. The van der Waals surface area contributed by atoms with Crippen LogP contribution in [0.15, 0.2) is 42.5 Å². The zero-order valence-corrected chi connectivity index (χ0v) is 14.6. The summed E-state index contributed by atoms with van der Waals surface area (Å²) in [5, 5.41) is 6.62. The first kappa shape index (κ1) is 17.5. The zero-order valence-electron chi connectivity index (χ0n) is 13.8. The maximum absolute atomic E-state index is 12.1. The summed E-state index contributed by atoms with van der Waals surface area (Å²) in [6.07, 6.45) is 1.03. The molecular formula is C19H23ClN2O. The van der Waals surface area contributed by atoms with Gasteiger partial charge in [-0.3, -0.25) is 4.79 Å². The van der Waals surface area contributed by atoms with Crippen molar-refractivity contribution < 1.29 is 4.79 Å². The Bertz CT molecular complexity index is 668. The topological polar surface area (TPSA) is 41.1 Å². The minimum absolute atomic E-state index is 0.104. The molecule has 1 unspecified atom stereocenters. The van der Waals surface area contributed by atoms with Crippen molar-refractivity contribution >= 4 is 23.2 Å². The third-order valence-corrected chi connectivity index (χ3v) is 4.17. The van der Waals surface area contributed by atoms with Crippen molar-refractivity contribution in [2.24, 2.45) is 0 Å². The van der Waals surface area contributed by atoms with Gasteiger partial charge in [-0.1, -0.05) is 48.9 Å². The summed E-state index contributed by atoms with van der Waals surface area (Å²) in [6, 6.07) is 14.1. The van der Waals surface area contributed by atoms with Crippen molar-refractivity contribution in [1.29, 1.82) is 0 Å². The summed E-state index contributed by atoms with van der Waals surface area (Å²) in [6.45, 7) is 6.38. The lowest BCUT2D eigenvalue weighted by Gasteiger charge is -2.15. The number of amides is 1. The van der Waals surface area contributed by atoms with Crippen LogP contribution < -0.4 is 10.6 Å². The molecule has 2 rings (SSSR count). The molecular weight excluding hydrogens is 308 g/mol. The van der Waals surface area contributed by atoms with E-state index in [-0.39, 0.29) is 18.5 Å². The molecule has 0 spiro atoms. The van der Waals surface area contributed by atoms with E-state index < -0.39 is 0 Å². The van der Waals surface area contributed by atoms with Crippen LogP contribution in [0.2, 0.25) is 5.02 Å². The molecule has 0 bridgehead atoms. The fourth-order valence-corrected chi connectivity index (χ4v) is 2.60. The number of benzene rings is 2. The van der Waals surface area contributed by atoms with Gasteiger partial charge in [-0.15, -0.1) is 0 Å². The number of anilines is 1. The lowest BCUT2D eigenvalue weighted by atomic mass is 10.1. The Kier molecular flexibility index (Phi) is 6.20. The molecule has 0 saturated carbocycles. The molecule has 23 heavy (non-hydrogen) atoms. The third kappa shape index (κ3) is 5.08. The Morgan fingerprint density at radius 3 is 2.48 bits per heavy atom. The fourth-order valence-electron chi connectivity index (χ4n) is 2.32. The zero-order chi connectivity index (χ0) is 16.8. The highest BCUT2D eigenvalue weighted by Crippen LogP contribution is 2.22. The van der Waals surface area contributed by atoms with Crippen molar-refractivity contribution in [3.63, 3.8) is 0 Å². The van der Waals surface area contributed by atoms with Gasteiger partial charge in [0, 0.05) is 6.04 Å². The van der Waals surface area contributed by atoms with Gasteiger partial charge in [-0.2, -0.15) is 0 Å². The Morgan fingerprint density at radius 1 is 1.17 bits per heavy atom. The summed E-state index contributed by atoms with van der Waals surface area (Å²) >= 11 is 6.13. The van der Waals surface area contributed by atoms with Crippen LogP contribution in [0.25, 0.3) is 0 Å². The minimum Gasteiger partial charge on any atom is -0.324 e. The molecule has 0 aliphatic rings. The maximum atomic E-state index is 12.1. The molecule has 122 valence electrons. The Labute approximate surface area is 143 Å². The predicted molar refractivity (Wildman–Crippen MR) is 97.1 cm³/mol. The molecule has 0 aliphatic carbocycles. The highest BCUT2D eigenvalue weighted by molar-refractivity contribution is 6.33. The van der Waals surface area contributed by atoms with Gasteiger partial charge >= 0.3 is 0 Å². The van der Waals surface area contributed by atoms with Crippen LogP contribution in [0.1, 0.15) is 36.6 Å². The lowest BCUT2D eigenvalue weighted by molar-refractivity contribution is -0.115.